The largest absolute Gasteiger partial charge is 0.371 e. The summed E-state index contributed by atoms with van der Waals surface area (Å²) in [4.78, 5) is 10.5. The number of fused-ring (bicyclic) bond motifs is 6. The van der Waals surface area contributed by atoms with E-state index in [2.05, 4.69) is 357 Å². The molecule has 0 saturated carbocycles. The number of rotatable bonds is 9. The van der Waals surface area contributed by atoms with Crippen LogP contribution in [0.1, 0.15) is 153 Å². The predicted octanol–water partition coefficient (Wildman–Crippen LogP) is 26.6. The Bertz CT molecular complexity index is 5340. The summed E-state index contributed by atoms with van der Waals surface area (Å²) in [5.74, 6) is 0. The molecular weight excluding hydrogens is 1260 g/mol. The summed E-state index contributed by atoms with van der Waals surface area (Å²) in [6, 6.07) is 98.6. The van der Waals surface area contributed by atoms with E-state index in [1.165, 1.54) is 187 Å². The van der Waals surface area contributed by atoms with Crippen molar-refractivity contribution >= 4 is 67.0 Å². The number of hydrogen-bond acceptors (Lipinski definition) is 4. The van der Waals surface area contributed by atoms with Gasteiger partial charge in [0.2, 0.25) is 0 Å². The normalized spacial score (nSPS) is 17.7. The van der Waals surface area contributed by atoms with E-state index >= 15 is 0 Å². The van der Waals surface area contributed by atoms with Crippen LogP contribution in [0.15, 0.2) is 255 Å². The van der Waals surface area contributed by atoms with Gasteiger partial charge in [-0.1, -0.05) is 247 Å². The van der Waals surface area contributed by atoms with Crippen molar-refractivity contribution in [2.24, 2.45) is 0 Å². The molecule has 0 radical (unpaired) electrons. The van der Waals surface area contributed by atoms with Crippen molar-refractivity contribution in [2.75, 3.05) is 45.8 Å². The third-order valence-corrected chi connectivity index (χ3v) is 26.1. The lowest BCUT2D eigenvalue weighted by molar-refractivity contribution is 0.401. The third-order valence-electron chi connectivity index (χ3n) is 26.1. The lowest BCUT2D eigenvalue weighted by Crippen LogP contribution is -2.44. The van der Waals surface area contributed by atoms with Crippen molar-refractivity contribution in [3.05, 3.63) is 299 Å². The van der Waals surface area contributed by atoms with Gasteiger partial charge >= 0.3 is 0 Å². The highest BCUT2D eigenvalue weighted by Gasteiger charge is 2.47. The number of nitrogens with zero attached hydrogens (tertiary/aromatic N) is 4. The molecule has 6 heterocycles. The summed E-state index contributed by atoms with van der Waals surface area (Å²) in [6.45, 7) is 34.0. The van der Waals surface area contributed by atoms with Gasteiger partial charge in [-0.15, -0.1) is 0 Å². The fourth-order valence-electron chi connectivity index (χ4n) is 19.5. The van der Waals surface area contributed by atoms with Crippen LogP contribution in [0.3, 0.4) is 0 Å². The monoisotopic (exact) mass is 1350 g/mol. The van der Waals surface area contributed by atoms with Gasteiger partial charge in [-0.3, -0.25) is 0 Å². The molecular formula is C100H94N4. The van der Waals surface area contributed by atoms with E-state index in [1.54, 1.807) is 0 Å². The van der Waals surface area contributed by atoms with Gasteiger partial charge in [0.25, 0.3) is 0 Å². The smallest absolute Gasteiger partial charge is 0.0544 e. The minimum absolute atomic E-state index is 0.0946. The van der Waals surface area contributed by atoms with Crippen LogP contribution in [0.25, 0.3) is 88.3 Å². The molecule has 6 aliphatic heterocycles. The van der Waals surface area contributed by atoms with Crippen molar-refractivity contribution in [1.82, 2.24) is 0 Å². The minimum atomic E-state index is -0.342. The summed E-state index contributed by atoms with van der Waals surface area (Å²) >= 11 is 0. The summed E-state index contributed by atoms with van der Waals surface area (Å²) in [5, 5.41) is 4.89. The molecule has 0 aliphatic carbocycles. The molecule has 104 heavy (non-hydrogen) atoms. The van der Waals surface area contributed by atoms with Gasteiger partial charge in [0.05, 0.1) is 22.7 Å². The van der Waals surface area contributed by atoms with E-state index in [-0.39, 0.29) is 32.5 Å². The van der Waals surface area contributed by atoms with Crippen LogP contribution >= 0.6 is 0 Å². The van der Waals surface area contributed by atoms with Crippen LogP contribution in [0, 0.1) is 0 Å². The molecule has 0 unspecified atom stereocenters. The molecule has 4 nitrogen and oxygen atoms in total. The summed E-state index contributed by atoms with van der Waals surface area (Å²) < 4.78 is 0. The van der Waals surface area contributed by atoms with E-state index in [1.807, 2.05) is 0 Å². The number of hydrogen-bond donors (Lipinski definition) is 0. The minimum Gasteiger partial charge on any atom is -0.371 e. The van der Waals surface area contributed by atoms with E-state index in [0.29, 0.717) is 0 Å². The quantitative estimate of drug-likeness (QED) is 0.143. The van der Waals surface area contributed by atoms with Gasteiger partial charge in [0.1, 0.15) is 0 Å². The molecule has 13 aromatic rings. The summed E-state index contributed by atoms with van der Waals surface area (Å²) in [5.41, 5.74) is 36.2. The molecule has 0 fully saturated rings. The molecule has 19 rings (SSSR count). The standard InChI is InChI=1S/C100H94N4/c1-95(2)47-51-101-52-48-96(3,4)84-58-69(57-83(95)92(84)101)65-31-37-72(38-32-65)103(73-39-33-66(34-40-73)70-59-85-93-86(60-70)98(7,8)50-54-102(93)53-49-97(85,5)6)89-46-43-79(77-29-21-22-30-80(77)89)78-42-41-74(75-27-19-20-28-76(75)78)71-61-87-94-88(62-71)100(11,12)82-56-68(64-25-17-14-18-26-64)36-45-91(82)104(94)90-44-35-67(55-81(90)99(87,9)10)63-23-15-13-16-24-63/h13-46,55-62H,47-54H2,1-12H3. The first-order chi connectivity index (χ1) is 50.0. The topological polar surface area (TPSA) is 13.0 Å². The molecule has 6 aliphatic rings. The first-order valence-electron chi connectivity index (χ1n) is 38.3. The molecule has 13 aromatic carbocycles. The maximum absolute atomic E-state index is 2.68. The Balaban J connectivity index is 0.753. The zero-order chi connectivity index (χ0) is 71.1. The molecule has 0 amide bonds. The SMILES string of the molecule is CC1(C)CCN2CCC(C)(C)c3cc(-c4ccc(N(c5ccc(-c6cc7c8c(c6)C(C)(C)CCN8CCC7(C)C)cc5)c5ccc(-c6ccc(-c7cc8c9c(c7)C(C)(C)c7cc(-c%10ccccc%10)ccc7N9c7ccc(-c9ccccc9)cc7C8(C)C)c7ccccc67)c6ccccc56)cc4)cc1c32. The summed E-state index contributed by atoms with van der Waals surface area (Å²) in [6.07, 6.45) is 4.66. The molecule has 0 aromatic heterocycles. The second-order valence-corrected chi connectivity index (χ2v) is 34.9. The van der Waals surface area contributed by atoms with Gasteiger partial charge in [-0.25, -0.2) is 0 Å². The van der Waals surface area contributed by atoms with Crippen LogP contribution < -0.4 is 19.6 Å². The predicted molar refractivity (Wildman–Crippen MR) is 443 cm³/mol. The molecule has 0 bridgehead atoms. The molecule has 514 valence electrons. The molecule has 0 spiro atoms. The van der Waals surface area contributed by atoms with Gasteiger partial charge < -0.3 is 19.6 Å². The van der Waals surface area contributed by atoms with Crippen LogP contribution in [-0.4, -0.2) is 26.2 Å². The highest BCUT2D eigenvalue weighted by atomic mass is 15.2. The zero-order valence-electron chi connectivity index (χ0n) is 62.7. The van der Waals surface area contributed by atoms with Crippen molar-refractivity contribution in [3.8, 4) is 66.8 Å². The number of anilines is 8. The van der Waals surface area contributed by atoms with E-state index in [0.717, 1.165) is 43.2 Å². The molecule has 4 heteroatoms. The Morgan fingerprint density at radius 1 is 0.250 bits per heavy atom. The van der Waals surface area contributed by atoms with Crippen LogP contribution in [-0.2, 0) is 32.5 Å². The van der Waals surface area contributed by atoms with Crippen LogP contribution in [0.5, 0.6) is 0 Å². The first-order valence-corrected chi connectivity index (χ1v) is 38.3. The van der Waals surface area contributed by atoms with Crippen LogP contribution in [0.4, 0.5) is 45.5 Å². The Kier molecular flexibility index (Phi) is 14.3. The molecule has 0 N–H and O–H groups in total. The highest BCUT2D eigenvalue weighted by molar-refractivity contribution is 6.13. The Hall–Kier alpha value is -10.4. The maximum Gasteiger partial charge on any atom is 0.0544 e. The number of benzene rings is 13. The second-order valence-electron chi connectivity index (χ2n) is 34.9. The molecule has 0 saturated heterocycles. The second kappa shape index (κ2) is 23.0. The van der Waals surface area contributed by atoms with Crippen molar-refractivity contribution in [3.63, 3.8) is 0 Å². The average Bonchev–Trinajstić information content (AvgIpc) is 0.685. The molecule has 0 atom stereocenters. The van der Waals surface area contributed by atoms with Gasteiger partial charge in [0, 0.05) is 65.1 Å². The average molecular weight is 1350 g/mol. The van der Waals surface area contributed by atoms with E-state index < -0.39 is 0 Å². The maximum atomic E-state index is 2.68. The van der Waals surface area contributed by atoms with Gasteiger partial charge in [-0.05, 0) is 266 Å². The van der Waals surface area contributed by atoms with Crippen molar-refractivity contribution in [2.45, 2.75) is 141 Å². The van der Waals surface area contributed by atoms with Gasteiger partial charge in [0.15, 0.2) is 0 Å². The fourth-order valence-corrected chi connectivity index (χ4v) is 19.5. The Morgan fingerprint density at radius 2 is 0.567 bits per heavy atom. The fraction of sp³-hybridized carbons (Fsp3) is 0.260. The van der Waals surface area contributed by atoms with Gasteiger partial charge in [-0.2, -0.15) is 0 Å². The highest BCUT2D eigenvalue weighted by Crippen LogP contribution is 2.63. The van der Waals surface area contributed by atoms with Crippen LogP contribution in [0.2, 0.25) is 0 Å². The van der Waals surface area contributed by atoms with Crippen molar-refractivity contribution < 1.29 is 0 Å². The lowest BCUT2D eigenvalue weighted by atomic mass is 9.65. The van der Waals surface area contributed by atoms with E-state index in [4.69, 9.17) is 0 Å². The van der Waals surface area contributed by atoms with E-state index in [9.17, 15) is 0 Å². The van der Waals surface area contributed by atoms with Crippen molar-refractivity contribution in [1.29, 1.82) is 0 Å². The Morgan fingerprint density at radius 3 is 0.981 bits per heavy atom. The lowest BCUT2D eigenvalue weighted by Gasteiger charge is -2.50. The first kappa shape index (κ1) is 64.4. The Labute approximate surface area is 616 Å². The summed E-state index contributed by atoms with van der Waals surface area (Å²) in [7, 11) is 0. The third kappa shape index (κ3) is 9.89. The zero-order valence-corrected chi connectivity index (χ0v) is 62.7.